The summed E-state index contributed by atoms with van der Waals surface area (Å²) in [5.41, 5.74) is 1.66. The van der Waals surface area contributed by atoms with E-state index in [0.29, 0.717) is 21.1 Å². The lowest BCUT2D eigenvalue weighted by Crippen LogP contribution is -2.12. The standard InChI is InChI=1S/C13H9BrClN3OS/c1-8-2-4-9(5-3-8)20(19)18-6-10(14)11-12(15)16-7-17-13(11)18/h2-7H,1H3. The molecule has 0 saturated carbocycles. The number of nitrogens with zero attached hydrogens (tertiary/aromatic N) is 3. The predicted molar refractivity (Wildman–Crippen MR) is 83.2 cm³/mol. The van der Waals surface area contributed by atoms with Crippen LogP contribution < -0.4 is 0 Å². The molecule has 0 aliphatic rings. The third-order valence-corrected chi connectivity index (χ3v) is 5.06. The van der Waals surface area contributed by atoms with E-state index in [-0.39, 0.29) is 0 Å². The van der Waals surface area contributed by atoms with Gasteiger partial charge in [0.05, 0.1) is 16.1 Å². The molecule has 0 aliphatic heterocycles. The van der Waals surface area contributed by atoms with Gasteiger partial charge in [-0.3, -0.25) is 0 Å². The maximum atomic E-state index is 12.6. The molecule has 20 heavy (non-hydrogen) atoms. The summed E-state index contributed by atoms with van der Waals surface area (Å²) in [7, 11) is 0. The number of aryl methyl sites for hydroxylation is 1. The molecule has 2 heterocycles. The zero-order chi connectivity index (χ0) is 14.3. The third-order valence-electron chi connectivity index (χ3n) is 2.86. The Bertz CT molecular complexity index is 775. The summed E-state index contributed by atoms with van der Waals surface area (Å²) in [4.78, 5) is 8.81. The van der Waals surface area contributed by atoms with Crippen LogP contribution >= 0.6 is 27.5 Å². The highest BCUT2D eigenvalue weighted by atomic mass is 79.9. The monoisotopic (exact) mass is 369 g/mol. The number of rotatable bonds is 2. The second kappa shape index (κ2) is 5.37. The van der Waals surface area contributed by atoms with Crippen molar-refractivity contribution in [3.63, 3.8) is 0 Å². The molecule has 0 N–H and O–H groups in total. The molecule has 0 fully saturated rings. The van der Waals surface area contributed by atoms with Crippen LogP contribution in [-0.4, -0.2) is 18.5 Å². The Hall–Kier alpha value is -1.08. The number of hydrogen-bond acceptors (Lipinski definition) is 3. The largest absolute Gasteiger partial charge is 0.587 e. The van der Waals surface area contributed by atoms with Crippen molar-refractivity contribution in [2.24, 2.45) is 0 Å². The van der Waals surface area contributed by atoms with Crippen molar-refractivity contribution in [3.05, 3.63) is 52.0 Å². The summed E-state index contributed by atoms with van der Waals surface area (Å²) in [5.74, 6) is 0. The first-order valence-electron chi connectivity index (χ1n) is 5.74. The molecule has 7 heteroatoms. The fourth-order valence-electron chi connectivity index (χ4n) is 1.85. The zero-order valence-corrected chi connectivity index (χ0v) is 13.5. The normalized spacial score (nSPS) is 12.8. The summed E-state index contributed by atoms with van der Waals surface area (Å²) in [6.45, 7) is 1.99. The van der Waals surface area contributed by atoms with Crippen molar-refractivity contribution in [1.29, 1.82) is 0 Å². The fourth-order valence-corrected chi connectivity index (χ4v) is 3.99. The molecule has 0 saturated heterocycles. The molecule has 0 amide bonds. The Labute approximate surface area is 132 Å². The lowest BCUT2D eigenvalue weighted by atomic mass is 10.2. The minimum Gasteiger partial charge on any atom is -0.587 e. The highest BCUT2D eigenvalue weighted by Crippen LogP contribution is 2.31. The van der Waals surface area contributed by atoms with Gasteiger partial charge in [0, 0.05) is 0 Å². The Morgan fingerprint density at radius 3 is 2.65 bits per heavy atom. The minimum absolute atomic E-state index is 0.335. The third kappa shape index (κ3) is 2.33. The molecule has 0 radical (unpaired) electrons. The van der Waals surface area contributed by atoms with Crippen molar-refractivity contribution < 1.29 is 4.55 Å². The Balaban J connectivity index is 2.15. The summed E-state index contributed by atoms with van der Waals surface area (Å²) < 4.78 is 14.9. The molecule has 0 bridgehead atoms. The van der Waals surface area contributed by atoms with Crippen LogP contribution in [0.25, 0.3) is 11.0 Å². The van der Waals surface area contributed by atoms with Gasteiger partial charge < -0.3 is 4.55 Å². The average Bonchev–Trinajstić information content (AvgIpc) is 2.77. The van der Waals surface area contributed by atoms with Crippen molar-refractivity contribution in [2.45, 2.75) is 11.8 Å². The van der Waals surface area contributed by atoms with Gasteiger partial charge in [0.2, 0.25) is 0 Å². The smallest absolute Gasteiger partial charge is 0.192 e. The van der Waals surface area contributed by atoms with Gasteiger partial charge in [0.1, 0.15) is 22.8 Å². The minimum atomic E-state index is -1.38. The molecule has 102 valence electrons. The van der Waals surface area contributed by atoms with E-state index in [2.05, 4.69) is 25.9 Å². The van der Waals surface area contributed by atoms with Crippen molar-refractivity contribution in [1.82, 2.24) is 13.9 Å². The van der Waals surface area contributed by atoms with Gasteiger partial charge in [0.15, 0.2) is 10.5 Å². The first-order valence-corrected chi connectivity index (χ1v) is 8.01. The predicted octanol–water partition coefficient (Wildman–Crippen LogP) is 3.73. The lowest BCUT2D eigenvalue weighted by Gasteiger charge is -2.10. The number of hydrogen-bond donors (Lipinski definition) is 0. The molecule has 1 unspecified atom stereocenters. The van der Waals surface area contributed by atoms with Crippen LogP contribution in [0.4, 0.5) is 0 Å². The van der Waals surface area contributed by atoms with Gasteiger partial charge in [0.25, 0.3) is 0 Å². The SMILES string of the molecule is Cc1ccc([S+]([O-])n2cc(Br)c3c(Cl)ncnc32)cc1. The van der Waals surface area contributed by atoms with Gasteiger partial charge in [-0.15, -0.1) is 3.97 Å². The van der Waals surface area contributed by atoms with Gasteiger partial charge in [-0.05, 0) is 35.0 Å². The lowest BCUT2D eigenvalue weighted by molar-refractivity contribution is 0.587. The molecule has 3 aromatic rings. The second-order valence-corrected chi connectivity index (χ2v) is 6.80. The molecular weight excluding hydrogens is 362 g/mol. The topological polar surface area (TPSA) is 53.8 Å². The summed E-state index contributed by atoms with van der Waals surface area (Å²) in [6, 6.07) is 7.54. The highest BCUT2D eigenvalue weighted by Gasteiger charge is 2.21. The van der Waals surface area contributed by atoms with E-state index >= 15 is 0 Å². The molecule has 1 atom stereocenters. The van der Waals surface area contributed by atoms with E-state index in [1.54, 1.807) is 10.2 Å². The van der Waals surface area contributed by atoms with E-state index < -0.39 is 11.4 Å². The molecule has 2 aromatic heterocycles. The van der Waals surface area contributed by atoms with Crippen LogP contribution in [-0.2, 0) is 11.4 Å². The number of benzene rings is 1. The molecule has 4 nitrogen and oxygen atoms in total. The summed E-state index contributed by atoms with van der Waals surface area (Å²) in [5, 5.41) is 0.996. The average molecular weight is 371 g/mol. The van der Waals surface area contributed by atoms with Crippen LogP contribution in [0.1, 0.15) is 5.56 Å². The molecule has 3 rings (SSSR count). The van der Waals surface area contributed by atoms with Crippen LogP contribution in [0, 0.1) is 6.92 Å². The maximum absolute atomic E-state index is 12.6. The summed E-state index contributed by atoms with van der Waals surface area (Å²) >= 11 is 8.08. The van der Waals surface area contributed by atoms with E-state index in [1.165, 1.54) is 6.33 Å². The van der Waals surface area contributed by atoms with Crippen LogP contribution in [0.5, 0.6) is 0 Å². The highest BCUT2D eigenvalue weighted by molar-refractivity contribution is 9.10. The quantitative estimate of drug-likeness (QED) is 0.510. The van der Waals surface area contributed by atoms with Gasteiger partial charge in [-0.2, -0.15) is 0 Å². The first-order chi connectivity index (χ1) is 9.58. The Morgan fingerprint density at radius 2 is 1.95 bits per heavy atom. The van der Waals surface area contributed by atoms with E-state index in [4.69, 9.17) is 11.6 Å². The maximum Gasteiger partial charge on any atom is 0.192 e. The Morgan fingerprint density at radius 1 is 1.25 bits per heavy atom. The van der Waals surface area contributed by atoms with Gasteiger partial charge >= 0.3 is 0 Å². The molecular formula is C13H9BrClN3OS. The zero-order valence-electron chi connectivity index (χ0n) is 10.4. The van der Waals surface area contributed by atoms with E-state index in [9.17, 15) is 4.55 Å². The fraction of sp³-hybridized carbons (Fsp3) is 0.0769. The van der Waals surface area contributed by atoms with E-state index in [0.717, 1.165) is 10.0 Å². The van der Waals surface area contributed by atoms with Crippen LogP contribution in [0.3, 0.4) is 0 Å². The molecule has 1 aromatic carbocycles. The number of halogens is 2. The molecule has 0 spiro atoms. The number of fused-ring (bicyclic) bond motifs is 1. The second-order valence-electron chi connectivity index (χ2n) is 4.23. The van der Waals surface area contributed by atoms with Crippen molar-refractivity contribution in [3.8, 4) is 0 Å². The van der Waals surface area contributed by atoms with Crippen molar-refractivity contribution >= 4 is 49.9 Å². The number of aromatic nitrogens is 3. The summed E-state index contributed by atoms with van der Waals surface area (Å²) in [6.07, 6.45) is 3.07. The van der Waals surface area contributed by atoms with Crippen LogP contribution in [0.2, 0.25) is 5.15 Å². The first kappa shape index (κ1) is 13.9. The van der Waals surface area contributed by atoms with E-state index in [1.807, 2.05) is 31.2 Å². The van der Waals surface area contributed by atoms with Gasteiger partial charge in [-0.1, -0.05) is 29.3 Å². The molecule has 0 aliphatic carbocycles. The van der Waals surface area contributed by atoms with Crippen molar-refractivity contribution in [2.75, 3.05) is 0 Å². The Kier molecular flexibility index (Phi) is 3.72. The van der Waals surface area contributed by atoms with Crippen LogP contribution in [0.15, 0.2) is 46.2 Å². The van der Waals surface area contributed by atoms with Gasteiger partial charge in [-0.25, -0.2) is 9.97 Å².